The van der Waals surface area contributed by atoms with Crippen molar-refractivity contribution in [3.8, 4) is 16.3 Å². The van der Waals surface area contributed by atoms with Gasteiger partial charge in [0.1, 0.15) is 10.8 Å². The number of carboxylic acids is 1. The first kappa shape index (κ1) is 26.1. The fourth-order valence-corrected chi connectivity index (χ4v) is 5.57. The van der Waals surface area contributed by atoms with E-state index in [-0.39, 0.29) is 18.4 Å². The van der Waals surface area contributed by atoms with Gasteiger partial charge in [-0.3, -0.25) is 0 Å². The minimum absolute atomic E-state index is 0.130. The van der Waals surface area contributed by atoms with Gasteiger partial charge in [0.05, 0.1) is 11.3 Å². The predicted molar refractivity (Wildman–Crippen MR) is 130 cm³/mol. The van der Waals surface area contributed by atoms with Gasteiger partial charge in [-0.2, -0.15) is 13.2 Å². The standard InChI is InChI=1S/C25H26F3NO3S2/c1-14(2)23-22(29-24(34-23)17-5-7-18(8-6-17)25(26,27)28)16(4)13-33-19-9-10-20(15(3)11-19)32-12-21(30)31/h5-11,14,16H,12-13H2,1-4H3,(H,30,31). The second-order valence-electron chi connectivity index (χ2n) is 8.32. The van der Waals surface area contributed by atoms with E-state index in [1.165, 1.54) is 23.5 Å². The molecule has 0 saturated carbocycles. The third-order valence-electron chi connectivity index (χ3n) is 5.13. The molecule has 2 aromatic carbocycles. The number of aromatic nitrogens is 1. The van der Waals surface area contributed by atoms with E-state index in [0.29, 0.717) is 11.3 Å². The van der Waals surface area contributed by atoms with E-state index < -0.39 is 17.7 Å². The number of aryl methyl sites for hydroxylation is 1. The zero-order valence-corrected chi connectivity index (χ0v) is 20.9. The molecule has 0 aliphatic rings. The number of hydrogen-bond donors (Lipinski definition) is 1. The molecule has 0 amide bonds. The zero-order valence-electron chi connectivity index (χ0n) is 19.3. The summed E-state index contributed by atoms with van der Waals surface area (Å²) >= 11 is 3.20. The number of thiazole rings is 1. The van der Waals surface area contributed by atoms with Crippen molar-refractivity contribution in [1.82, 2.24) is 4.98 Å². The Bertz CT molecular complexity index is 1140. The van der Waals surface area contributed by atoms with Crippen LogP contribution in [0.3, 0.4) is 0 Å². The van der Waals surface area contributed by atoms with Crippen molar-refractivity contribution in [1.29, 1.82) is 0 Å². The van der Waals surface area contributed by atoms with Crippen molar-refractivity contribution in [3.05, 3.63) is 64.2 Å². The van der Waals surface area contributed by atoms with Crippen molar-refractivity contribution >= 4 is 29.1 Å². The molecule has 1 heterocycles. The molecule has 0 radical (unpaired) electrons. The molecule has 4 nitrogen and oxygen atoms in total. The summed E-state index contributed by atoms with van der Waals surface area (Å²) < 4.78 is 44.0. The van der Waals surface area contributed by atoms with Crippen LogP contribution in [0.1, 0.15) is 54.3 Å². The van der Waals surface area contributed by atoms with Gasteiger partial charge in [0.2, 0.25) is 0 Å². The lowest BCUT2D eigenvalue weighted by molar-refractivity contribution is -0.139. The lowest BCUT2D eigenvalue weighted by atomic mass is 10.0. The van der Waals surface area contributed by atoms with E-state index in [2.05, 4.69) is 20.8 Å². The van der Waals surface area contributed by atoms with Gasteiger partial charge >= 0.3 is 12.1 Å². The molecule has 0 saturated heterocycles. The molecule has 9 heteroatoms. The van der Waals surface area contributed by atoms with Crippen LogP contribution in [0.2, 0.25) is 0 Å². The maximum atomic E-state index is 12.9. The summed E-state index contributed by atoms with van der Waals surface area (Å²) in [6.45, 7) is 7.77. The SMILES string of the molecule is Cc1cc(SCC(C)c2nc(-c3ccc(C(F)(F)F)cc3)sc2C(C)C)ccc1OCC(=O)O. The van der Waals surface area contributed by atoms with Crippen molar-refractivity contribution in [3.63, 3.8) is 0 Å². The number of alkyl halides is 3. The van der Waals surface area contributed by atoms with Crippen molar-refractivity contribution in [2.24, 2.45) is 0 Å². The molecule has 3 aromatic rings. The third kappa shape index (κ3) is 6.54. The molecule has 3 rings (SSSR count). The summed E-state index contributed by atoms with van der Waals surface area (Å²) in [6, 6.07) is 10.8. The highest BCUT2D eigenvalue weighted by Crippen LogP contribution is 2.39. The average molecular weight is 510 g/mol. The molecule has 0 fully saturated rings. The number of carboxylic acid groups (broad SMARTS) is 1. The van der Waals surface area contributed by atoms with E-state index in [1.54, 1.807) is 17.8 Å². The second-order valence-corrected chi connectivity index (χ2v) is 10.4. The van der Waals surface area contributed by atoms with Gasteiger partial charge in [-0.15, -0.1) is 23.1 Å². The molecular formula is C25H26F3NO3S2. The minimum atomic E-state index is -4.36. The summed E-state index contributed by atoms with van der Waals surface area (Å²) in [5.41, 5.74) is 1.84. The van der Waals surface area contributed by atoms with Gasteiger partial charge in [-0.1, -0.05) is 32.9 Å². The summed E-state index contributed by atoms with van der Waals surface area (Å²) in [5, 5.41) is 9.50. The summed E-state index contributed by atoms with van der Waals surface area (Å²) in [7, 11) is 0. The summed E-state index contributed by atoms with van der Waals surface area (Å²) in [4.78, 5) is 17.7. The van der Waals surface area contributed by atoms with Crippen LogP contribution < -0.4 is 4.74 Å². The topological polar surface area (TPSA) is 59.4 Å². The van der Waals surface area contributed by atoms with Gasteiger partial charge in [-0.25, -0.2) is 9.78 Å². The maximum Gasteiger partial charge on any atom is 0.416 e. The van der Waals surface area contributed by atoms with Crippen molar-refractivity contribution in [2.45, 2.75) is 50.6 Å². The van der Waals surface area contributed by atoms with E-state index in [1.807, 2.05) is 19.1 Å². The first-order chi connectivity index (χ1) is 16.0. The van der Waals surface area contributed by atoms with Crippen LogP contribution in [0.5, 0.6) is 5.75 Å². The van der Waals surface area contributed by atoms with Crippen molar-refractivity contribution < 1.29 is 27.8 Å². The largest absolute Gasteiger partial charge is 0.482 e. The number of nitrogens with zero attached hydrogens (tertiary/aromatic N) is 1. The highest BCUT2D eigenvalue weighted by Gasteiger charge is 2.30. The monoisotopic (exact) mass is 509 g/mol. The van der Waals surface area contributed by atoms with Crippen LogP contribution in [-0.4, -0.2) is 28.4 Å². The van der Waals surface area contributed by atoms with E-state index in [9.17, 15) is 18.0 Å². The van der Waals surface area contributed by atoms with E-state index in [0.717, 1.165) is 43.9 Å². The number of thioether (sulfide) groups is 1. The van der Waals surface area contributed by atoms with Gasteiger partial charge in [0.15, 0.2) is 6.61 Å². The Morgan fingerprint density at radius 1 is 1.15 bits per heavy atom. The number of benzene rings is 2. The quantitative estimate of drug-likeness (QED) is 0.301. The molecule has 1 atom stereocenters. The lowest BCUT2D eigenvalue weighted by Gasteiger charge is -2.14. The molecular weight excluding hydrogens is 483 g/mol. The Morgan fingerprint density at radius 3 is 2.38 bits per heavy atom. The van der Waals surface area contributed by atoms with Gasteiger partial charge in [-0.05, 0) is 48.7 Å². The first-order valence-corrected chi connectivity index (χ1v) is 12.5. The Kier molecular flexibility index (Phi) is 8.30. The predicted octanol–water partition coefficient (Wildman–Crippen LogP) is 7.62. The number of carbonyl (C=O) groups is 1. The van der Waals surface area contributed by atoms with Gasteiger partial charge in [0, 0.05) is 27.0 Å². The molecule has 1 N–H and O–H groups in total. The number of halogens is 3. The normalized spacial score (nSPS) is 12.7. The second kappa shape index (κ2) is 10.8. The molecule has 34 heavy (non-hydrogen) atoms. The third-order valence-corrected chi connectivity index (χ3v) is 7.80. The van der Waals surface area contributed by atoms with Crippen molar-refractivity contribution in [2.75, 3.05) is 12.4 Å². The number of hydrogen-bond acceptors (Lipinski definition) is 5. The minimum Gasteiger partial charge on any atom is -0.482 e. The zero-order chi connectivity index (χ0) is 25.0. The number of ether oxygens (including phenoxy) is 1. The summed E-state index contributed by atoms with van der Waals surface area (Å²) in [6.07, 6.45) is -4.36. The Hall–Kier alpha value is -2.52. The van der Waals surface area contributed by atoms with Crippen LogP contribution in [0, 0.1) is 6.92 Å². The Morgan fingerprint density at radius 2 is 1.82 bits per heavy atom. The van der Waals surface area contributed by atoms with Crippen LogP contribution >= 0.6 is 23.1 Å². The fourth-order valence-electron chi connectivity index (χ4n) is 3.35. The Labute approximate surface area is 205 Å². The molecule has 1 unspecified atom stereocenters. The first-order valence-electron chi connectivity index (χ1n) is 10.7. The van der Waals surface area contributed by atoms with E-state index in [4.69, 9.17) is 14.8 Å². The molecule has 182 valence electrons. The van der Waals surface area contributed by atoms with Crippen LogP contribution in [0.25, 0.3) is 10.6 Å². The van der Waals surface area contributed by atoms with Gasteiger partial charge in [0.25, 0.3) is 0 Å². The molecule has 1 aromatic heterocycles. The highest BCUT2D eigenvalue weighted by molar-refractivity contribution is 7.99. The average Bonchev–Trinajstić information content (AvgIpc) is 3.22. The molecule has 0 aliphatic heterocycles. The van der Waals surface area contributed by atoms with E-state index >= 15 is 0 Å². The maximum absolute atomic E-state index is 12.9. The van der Waals surface area contributed by atoms with Crippen LogP contribution in [-0.2, 0) is 11.0 Å². The molecule has 0 aliphatic carbocycles. The number of rotatable bonds is 9. The molecule has 0 spiro atoms. The smallest absolute Gasteiger partial charge is 0.416 e. The fraction of sp³-hybridized carbons (Fsp3) is 0.360. The summed E-state index contributed by atoms with van der Waals surface area (Å²) in [5.74, 6) is 0.667. The number of aliphatic carboxylic acids is 1. The lowest BCUT2D eigenvalue weighted by Crippen LogP contribution is -2.10. The Balaban J connectivity index is 1.74. The highest BCUT2D eigenvalue weighted by atomic mass is 32.2. The van der Waals surface area contributed by atoms with Crippen LogP contribution in [0.4, 0.5) is 13.2 Å². The van der Waals surface area contributed by atoms with Crippen LogP contribution in [0.15, 0.2) is 47.4 Å². The molecule has 0 bridgehead atoms. The van der Waals surface area contributed by atoms with Gasteiger partial charge < -0.3 is 9.84 Å².